The van der Waals surface area contributed by atoms with Gasteiger partial charge in [0.15, 0.2) is 0 Å². The first-order valence-electron chi connectivity index (χ1n) is 6.53. The van der Waals surface area contributed by atoms with E-state index in [0.717, 1.165) is 22.6 Å². The van der Waals surface area contributed by atoms with Crippen molar-refractivity contribution < 1.29 is 9.21 Å². The van der Waals surface area contributed by atoms with Crippen LogP contribution in [-0.4, -0.2) is 15.7 Å². The molecule has 108 valence electrons. The molecule has 0 saturated carbocycles. The van der Waals surface area contributed by atoms with Gasteiger partial charge in [0.05, 0.1) is 17.3 Å². The van der Waals surface area contributed by atoms with Crippen LogP contribution >= 0.6 is 11.3 Å². The molecule has 5 nitrogen and oxygen atoms in total. The van der Waals surface area contributed by atoms with Crippen molar-refractivity contribution >= 4 is 17.2 Å². The summed E-state index contributed by atoms with van der Waals surface area (Å²) in [6.45, 7) is 2.46. The Kier molecular flexibility index (Phi) is 3.62. The van der Waals surface area contributed by atoms with E-state index in [1.165, 1.54) is 11.3 Å². The lowest BCUT2D eigenvalue weighted by molar-refractivity contribution is 0.0955. The van der Waals surface area contributed by atoms with Crippen LogP contribution in [0.3, 0.4) is 0 Å². The number of thiophene rings is 1. The molecule has 1 amide bonds. The van der Waals surface area contributed by atoms with Gasteiger partial charge in [-0.05, 0) is 25.1 Å². The van der Waals surface area contributed by atoms with Gasteiger partial charge in [-0.15, -0.1) is 11.3 Å². The summed E-state index contributed by atoms with van der Waals surface area (Å²) in [6, 6.07) is 5.55. The summed E-state index contributed by atoms with van der Waals surface area (Å²) in [7, 11) is 1.88. The van der Waals surface area contributed by atoms with E-state index < -0.39 is 0 Å². The van der Waals surface area contributed by atoms with Crippen LogP contribution in [0, 0.1) is 6.92 Å². The zero-order chi connectivity index (χ0) is 14.8. The Hall–Kier alpha value is -2.34. The normalized spacial score (nSPS) is 10.8. The molecule has 0 atom stereocenters. The molecule has 21 heavy (non-hydrogen) atoms. The Morgan fingerprint density at radius 2 is 2.38 bits per heavy atom. The molecule has 6 heteroatoms. The predicted octanol–water partition coefficient (Wildman–Crippen LogP) is 2.98. The van der Waals surface area contributed by atoms with Crippen molar-refractivity contribution in [2.45, 2.75) is 13.5 Å². The van der Waals surface area contributed by atoms with Gasteiger partial charge in [-0.3, -0.25) is 9.48 Å². The fourth-order valence-electron chi connectivity index (χ4n) is 2.01. The highest BCUT2D eigenvalue weighted by Gasteiger charge is 2.12. The average molecular weight is 301 g/mol. The van der Waals surface area contributed by atoms with E-state index in [2.05, 4.69) is 10.4 Å². The maximum Gasteiger partial charge on any atom is 0.261 e. The molecule has 3 aromatic rings. The molecule has 0 bridgehead atoms. The minimum Gasteiger partial charge on any atom is -0.464 e. The van der Waals surface area contributed by atoms with Gasteiger partial charge in [-0.2, -0.15) is 5.10 Å². The van der Waals surface area contributed by atoms with E-state index in [0.29, 0.717) is 11.4 Å². The van der Waals surface area contributed by atoms with Gasteiger partial charge >= 0.3 is 0 Å². The van der Waals surface area contributed by atoms with Crippen LogP contribution in [0.25, 0.3) is 11.3 Å². The first kappa shape index (κ1) is 13.6. The minimum absolute atomic E-state index is 0.0824. The molecular formula is C15H15N3O2S. The lowest BCUT2D eigenvalue weighted by atomic mass is 10.2. The minimum atomic E-state index is -0.0824. The SMILES string of the molecule is Cc1c(CNC(=O)c2cc(-c3ccco3)cs2)cnn1C. The summed E-state index contributed by atoms with van der Waals surface area (Å²) in [5.41, 5.74) is 3.00. The molecule has 0 radical (unpaired) electrons. The molecule has 3 aromatic heterocycles. The summed E-state index contributed by atoms with van der Waals surface area (Å²) in [5, 5.41) is 9.00. The van der Waals surface area contributed by atoms with E-state index in [9.17, 15) is 4.79 Å². The summed E-state index contributed by atoms with van der Waals surface area (Å²) < 4.78 is 7.12. The zero-order valence-electron chi connectivity index (χ0n) is 11.8. The molecule has 3 heterocycles. The van der Waals surface area contributed by atoms with Crippen LogP contribution in [0.2, 0.25) is 0 Å². The van der Waals surface area contributed by atoms with E-state index in [-0.39, 0.29) is 5.91 Å². The van der Waals surface area contributed by atoms with Gasteiger partial charge in [0.1, 0.15) is 5.76 Å². The van der Waals surface area contributed by atoms with Crippen LogP contribution < -0.4 is 5.32 Å². The summed E-state index contributed by atoms with van der Waals surface area (Å²) >= 11 is 1.41. The van der Waals surface area contributed by atoms with Crippen molar-refractivity contribution in [3.05, 3.63) is 52.2 Å². The van der Waals surface area contributed by atoms with Crippen molar-refractivity contribution in [3.63, 3.8) is 0 Å². The zero-order valence-corrected chi connectivity index (χ0v) is 12.6. The number of hydrogen-bond donors (Lipinski definition) is 1. The van der Waals surface area contributed by atoms with E-state index in [1.54, 1.807) is 17.1 Å². The van der Waals surface area contributed by atoms with Crippen molar-refractivity contribution in [3.8, 4) is 11.3 Å². The molecule has 0 unspecified atom stereocenters. The van der Waals surface area contributed by atoms with Crippen LogP contribution in [0.4, 0.5) is 0 Å². The molecule has 0 aromatic carbocycles. The number of hydrogen-bond acceptors (Lipinski definition) is 4. The van der Waals surface area contributed by atoms with E-state index >= 15 is 0 Å². The fourth-order valence-corrected chi connectivity index (χ4v) is 2.82. The molecule has 0 aliphatic rings. The Balaban J connectivity index is 1.67. The number of aromatic nitrogens is 2. The van der Waals surface area contributed by atoms with Crippen molar-refractivity contribution in [1.82, 2.24) is 15.1 Å². The molecular weight excluding hydrogens is 286 g/mol. The maximum absolute atomic E-state index is 12.2. The number of aryl methyl sites for hydroxylation is 1. The lowest BCUT2D eigenvalue weighted by Crippen LogP contribution is -2.22. The molecule has 0 aliphatic carbocycles. The number of rotatable bonds is 4. The smallest absolute Gasteiger partial charge is 0.261 e. The van der Waals surface area contributed by atoms with Gasteiger partial charge in [0, 0.05) is 35.8 Å². The molecule has 0 spiro atoms. The van der Waals surface area contributed by atoms with Crippen LogP contribution in [0.1, 0.15) is 20.9 Å². The summed E-state index contributed by atoms with van der Waals surface area (Å²) in [4.78, 5) is 12.8. The topological polar surface area (TPSA) is 60.1 Å². The molecule has 0 fully saturated rings. The predicted molar refractivity (Wildman–Crippen MR) is 81.1 cm³/mol. The highest BCUT2D eigenvalue weighted by molar-refractivity contribution is 7.12. The number of furan rings is 1. The first-order chi connectivity index (χ1) is 10.1. The highest BCUT2D eigenvalue weighted by atomic mass is 32.1. The second-order valence-electron chi connectivity index (χ2n) is 4.74. The van der Waals surface area contributed by atoms with Gasteiger partial charge in [-0.25, -0.2) is 0 Å². The van der Waals surface area contributed by atoms with E-state index in [4.69, 9.17) is 4.42 Å². The van der Waals surface area contributed by atoms with Crippen molar-refractivity contribution in [2.75, 3.05) is 0 Å². The molecule has 0 saturated heterocycles. The highest BCUT2D eigenvalue weighted by Crippen LogP contribution is 2.25. The van der Waals surface area contributed by atoms with Crippen LogP contribution in [0.5, 0.6) is 0 Å². The third-order valence-corrected chi connectivity index (χ3v) is 4.33. The second-order valence-corrected chi connectivity index (χ2v) is 5.65. The van der Waals surface area contributed by atoms with Gasteiger partial charge < -0.3 is 9.73 Å². The Labute approximate surface area is 126 Å². The van der Waals surface area contributed by atoms with Crippen molar-refractivity contribution in [2.24, 2.45) is 7.05 Å². The number of nitrogens with one attached hydrogen (secondary N) is 1. The average Bonchev–Trinajstić information content (AvgIpc) is 3.19. The molecule has 1 N–H and O–H groups in total. The fraction of sp³-hybridized carbons (Fsp3) is 0.200. The third kappa shape index (κ3) is 2.75. The third-order valence-electron chi connectivity index (χ3n) is 3.41. The Morgan fingerprint density at radius 3 is 3.05 bits per heavy atom. The maximum atomic E-state index is 12.2. The van der Waals surface area contributed by atoms with Gasteiger partial charge in [-0.1, -0.05) is 0 Å². The standard InChI is InChI=1S/C15H15N3O2S/c1-10-12(8-17-18(10)2)7-16-15(19)14-6-11(9-21-14)13-4-3-5-20-13/h3-6,8-9H,7H2,1-2H3,(H,16,19). The number of carbonyl (C=O) groups is 1. The summed E-state index contributed by atoms with van der Waals surface area (Å²) in [5.74, 6) is 0.689. The van der Waals surface area contributed by atoms with Crippen LogP contribution in [-0.2, 0) is 13.6 Å². The Bertz CT molecular complexity index is 756. The quantitative estimate of drug-likeness (QED) is 0.806. The van der Waals surface area contributed by atoms with E-state index in [1.807, 2.05) is 37.6 Å². The number of carbonyl (C=O) groups excluding carboxylic acids is 1. The monoisotopic (exact) mass is 301 g/mol. The number of nitrogens with zero attached hydrogens (tertiary/aromatic N) is 2. The first-order valence-corrected chi connectivity index (χ1v) is 7.41. The molecule has 3 rings (SSSR count). The van der Waals surface area contributed by atoms with Crippen LogP contribution in [0.15, 0.2) is 40.5 Å². The van der Waals surface area contributed by atoms with Crippen molar-refractivity contribution in [1.29, 1.82) is 0 Å². The summed E-state index contributed by atoms with van der Waals surface area (Å²) in [6.07, 6.45) is 3.40. The number of amides is 1. The lowest BCUT2D eigenvalue weighted by Gasteiger charge is -2.03. The largest absolute Gasteiger partial charge is 0.464 e. The van der Waals surface area contributed by atoms with Gasteiger partial charge in [0.2, 0.25) is 0 Å². The Morgan fingerprint density at radius 1 is 1.52 bits per heavy atom. The van der Waals surface area contributed by atoms with Gasteiger partial charge in [0.25, 0.3) is 5.91 Å². The molecule has 0 aliphatic heterocycles. The second kappa shape index (κ2) is 5.57.